The van der Waals surface area contributed by atoms with E-state index in [9.17, 15) is 5.11 Å². The summed E-state index contributed by atoms with van der Waals surface area (Å²) in [6, 6.07) is 4.63. The van der Waals surface area contributed by atoms with Gasteiger partial charge in [0.1, 0.15) is 5.82 Å². The smallest absolute Gasteiger partial charge is 0.129 e. The zero-order valence-electron chi connectivity index (χ0n) is 10.9. The third kappa shape index (κ3) is 2.24. The molecule has 0 aromatic carbocycles. The first kappa shape index (κ1) is 12.0. The maximum absolute atomic E-state index is 9.24. The van der Waals surface area contributed by atoms with Crippen LogP contribution in [-0.4, -0.2) is 22.7 Å². The van der Waals surface area contributed by atoms with Crippen molar-refractivity contribution in [2.24, 2.45) is 5.92 Å². The highest BCUT2D eigenvalue weighted by Gasteiger charge is 2.33. The average Bonchev–Trinajstić information content (AvgIpc) is 3.09. The summed E-state index contributed by atoms with van der Waals surface area (Å²) in [6.07, 6.45) is 10.0. The van der Waals surface area contributed by atoms with Crippen LogP contribution in [0, 0.1) is 5.92 Å². The minimum absolute atomic E-state index is 0.109. The van der Waals surface area contributed by atoms with Crippen molar-refractivity contribution in [2.75, 3.05) is 11.4 Å². The number of nitrogens with zero attached hydrogens (tertiary/aromatic N) is 2. The average molecular weight is 246 g/mol. The predicted octanol–water partition coefficient (Wildman–Crippen LogP) is 2.73. The van der Waals surface area contributed by atoms with Gasteiger partial charge < -0.3 is 10.0 Å². The van der Waals surface area contributed by atoms with E-state index in [4.69, 9.17) is 0 Å². The van der Waals surface area contributed by atoms with Gasteiger partial charge >= 0.3 is 0 Å². The first-order valence-corrected chi connectivity index (χ1v) is 7.21. The summed E-state index contributed by atoms with van der Waals surface area (Å²) in [5, 5.41) is 9.24. The fourth-order valence-corrected chi connectivity index (χ4v) is 3.63. The summed E-state index contributed by atoms with van der Waals surface area (Å²) in [5.74, 6) is 1.93. The van der Waals surface area contributed by atoms with E-state index >= 15 is 0 Å². The van der Waals surface area contributed by atoms with Crippen molar-refractivity contribution in [3.05, 3.63) is 23.9 Å². The molecule has 1 unspecified atom stereocenters. The van der Waals surface area contributed by atoms with E-state index in [2.05, 4.69) is 9.88 Å². The largest absolute Gasteiger partial charge is 0.392 e. The number of aliphatic hydroxyl groups excluding tert-OH is 1. The van der Waals surface area contributed by atoms with Crippen LogP contribution >= 0.6 is 0 Å². The number of anilines is 1. The Bertz CT molecular complexity index is 401. The topological polar surface area (TPSA) is 36.4 Å². The van der Waals surface area contributed by atoms with Crippen LogP contribution in [0.15, 0.2) is 18.3 Å². The molecule has 3 rings (SSSR count). The van der Waals surface area contributed by atoms with Gasteiger partial charge in [-0.1, -0.05) is 12.8 Å². The van der Waals surface area contributed by atoms with E-state index in [1.807, 2.05) is 18.3 Å². The van der Waals surface area contributed by atoms with Gasteiger partial charge in [0.25, 0.3) is 0 Å². The molecule has 1 aliphatic heterocycles. The van der Waals surface area contributed by atoms with Gasteiger partial charge in [-0.2, -0.15) is 0 Å². The van der Waals surface area contributed by atoms with Crippen LogP contribution in [0.3, 0.4) is 0 Å². The first-order valence-electron chi connectivity index (χ1n) is 7.21. The molecule has 1 atom stereocenters. The molecule has 1 N–H and O–H groups in total. The molecule has 1 saturated heterocycles. The molecule has 0 bridgehead atoms. The molecule has 18 heavy (non-hydrogen) atoms. The Morgan fingerprint density at radius 3 is 2.83 bits per heavy atom. The molecule has 2 heterocycles. The first-order chi connectivity index (χ1) is 8.88. The molecular formula is C15H22N2O. The molecule has 0 spiro atoms. The Morgan fingerprint density at radius 2 is 2.06 bits per heavy atom. The SMILES string of the molecule is OCc1ccnc(N2CCCC2C2CCCC2)c1. The number of hydrogen-bond donors (Lipinski definition) is 1. The summed E-state index contributed by atoms with van der Waals surface area (Å²) in [6.45, 7) is 1.24. The van der Waals surface area contributed by atoms with Crippen LogP contribution in [0.4, 0.5) is 5.82 Å². The minimum atomic E-state index is 0.109. The van der Waals surface area contributed by atoms with Gasteiger partial charge in [-0.25, -0.2) is 4.98 Å². The van der Waals surface area contributed by atoms with Gasteiger partial charge in [0.05, 0.1) is 6.61 Å². The second-order valence-corrected chi connectivity index (χ2v) is 5.63. The van der Waals surface area contributed by atoms with E-state index in [-0.39, 0.29) is 6.61 Å². The van der Waals surface area contributed by atoms with Crippen molar-refractivity contribution < 1.29 is 5.11 Å². The molecule has 3 heteroatoms. The van der Waals surface area contributed by atoms with Gasteiger partial charge in [-0.15, -0.1) is 0 Å². The highest BCUT2D eigenvalue weighted by molar-refractivity contribution is 5.43. The Balaban J connectivity index is 1.80. The molecule has 3 nitrogen and oxygen atoms in total. The Hall–Kier alpha value is -1.09. The van der Waals surface area contributed by atoms with Crippen molar-refractivity contribution in [3.8, 4) is 0 Å². The second-order valence-electron chi connectivity index (χ2n) is 5.63. The monoisotopic (exact) mass is 246 g/mol. The Morgan fingerprint density at radius 1 is 1.22 bits per heavy atom. The van der Waals surface area contributed by atoms with Crippen LogP contribution in [0.2, 0.25) is 0 Å². The van der Waals surface area contributed by atoms with E-state index in [1.165, 1.54) is 38.5 Å². The van der Waals surface area contributed by atoms with Crippen LogP contribution in [0.5, 0.6) is 0 Å². The highest BCUT2D eigenvalue weighted by atomic mass is 16.3. The molecule has 0 radical (unpaired) electrons. The minimum Gasteiger partial charge on any atom is -0.392 e. The highest BCUT2D eigenvalue weighted by Crippen LogP contribution is 2.37. The normalized spacial score (nSPS) is 24.9. The summed E-state index contributed by atoms with van der Waals surface area (Å²) in [7, 11) is 0. The van der Waals surface area contributed by atoms with Crippen molar-refractivity contribution in [2.45, 2.75) is 51.2 Å². The van der Waals surface area contributed by atoms with Gasteiger partial charge in [-0.3, -0.25) is 0 Å². The Kier molecular flexibility index (Phi) is 3.50. The quantitative estimate of drug-likeness (QED) is 0.891. The van der Waals surface area contributed by atoms with Gasteiger partial charge in [-0.05, 0) is 49.3 Å². The molecule has 1 aliphatic carbocycles. The Labute approximate surface area is 109 Å². The lowest BCUT2D eigenvalue weighted by atomic mass is 9.96. The maximum atomic E-state index is 9.24. The molecular weight excluding hydrogens is 224 g/mol. The maximum Gasteiger partial charge on any atom is 0.129 e. The fourth-order valence-electron chi connectivity index (χ4n) is 3.63. The number of aliphatic hydroxyl groups is 1. The van der Waals surface area contributed by atoms with Crippen molar-refractivity contribution in [1.29, 1.82) is 0 Å². The summed E-state index contributed by atoms with van der Waals surface area (Å²) < 4.78 is 0. The van der Waals surface area contributed by atoms with Crippen LogP contribution in [-0.2, 0) is 6.61 Å². The van der Waals surface area contributed by atoms with Gasteiger partial charge in [0.2, 0.25) is 0 Å². The second kappa shape index (κ2) is 5.27. The fraction of sp³-hybridized carbons (Fsp3) is 0.667. The van der Waals surface area contributed by atoms with Crippen LogP contribution in [0.1, 0.15) is 44.1 Å². The van der Waals surface area contributed by atoms with E-state index in [0.717, 1.165) is 23.8 Å². The zero-order chi connectivity index (χ0) is 12.4. The summed E-state index contributed by atoms with van der Waals surface area (Å²) in [4.78, 5) is 6.99. The van der Waals surface area contributed by atoms with E-state index in [0.29, 0.717) is 6.04 Å². The molecule has 2 aliphatic rings. The number of aromatic nitrogens is 1. The molecule has 98 valence electrons. The lowest BCUT2D eigenvalue weighted by Crippen LogP contribution is -2.35. The van der Waals surface area contributed by atoms with Crippen molar-refractivity contribution >= 4 is 5.82 Å². The van der Waals surface area contributed by atoms with Crippen molar-refractivity contribution in [1.82, 2.24) is 4.98 Å². The molecule has 0 amide bonds. The molecule has 2 fully saturated rings. The number of hydrogen-bond acceptors (Lipinski definition) is 3. The van der Waals surface area contributed by atoms with Gasteiger partial charge in [0, 0.05) is 18.8 Å². The third-order valence-corrected chi connectivity index (χ3v) is 4.53. The molecule has 1 aromatic rings. The summed E-state index contributed by atoms with van der Waals surface area (Å²) in [5.41, 5.74) is 0.970. The molecule has 1 saturated carbocycles. The van der Waals surface area contributed by atoms with E-state index < -0.39 is 0 Å². The number of pyridine rings is 1. The van der Waals surface area contributed by atoms with Gasteiger partial charge in [0.15, 0.2) is 0 Å². The predicted molar refractivity (Wildman–Crippen MR) is 72.5 cm³/mol. The third-order valence-electron chi connectivity index (χ3n) is 4.53. The zero-order valence-corrected chi connectivity index (χ0v) is 10.9. The van der Waals surface area contributed by atoms with E-state index in [1.54, 1.807) is 0 Å². The number of rotatable bonds is 3. The van der Waals surface area contributed by atoms with Crippen molar-refractivity contribution in [3.63, 3.8) is 0 Å². The van der Waals surface area contributed by atoms with Crippen LogP contribution in [0.25, 0.3) is 0 Å². The van der Waals surface area contributed by atoms with Crippen LogP contribution < -0.4 is 4.90 Å². The standard InChI is InChI=1S/C15H22N2O/c18-11-12-7-8-16-15(10-12)17-9-3-6-14(17)13-4-1-2-5-13/h7-8,10,13-14,18H,1-6,9,11H2. The lowest BCUT2D eigenvalue weighted by molar-refractivity contribution is 0.281. The molecule has 1 aromatic heterocycles. The summed E-state index contributed by atoms with van der Waals surface area (Å²) >= 11 is 0. The lowest BCUT2D eigenvalue weighted by Gasteiger charge is -2.30.